The summed E-state index contributed by atoms with van der Waals surface area (Å²) in [6, 6.07) is 4.04. The van der Waals surface area contributed by atoms with E-state index in [1.165, 1.54) is 51.6 Å². The number of amides is 1. The molecular formula is C23H33F3N2O5. The van der Waals surface area contributed by atoms with Crippen molar-refractivity contribution >= 4 is 11.9 Å². The van der Waals surface area contributed by atoms with Crippen LogP contribution in [-0.2, 0) is 20.9 Å². The number of nitrogens with zero attached hydrogens (tertiary/aromatic N) is 2. The van der Waals surface area contributed by atoms with Gasteiger partial charge < -0.3 is 19.2 Å². The molecule has 0 atom stereocenters. The second kappa shape index (κ2) is 11.4. The van der Waals surface area contributed by atoms with E-state index in [1.807, 2.05) is 11.0 Å². The van der Waals surface area contributed by atoms with Crippen LogP contribution in [0.15, 0.2) is 22.8 Å². The van der Waals surface area contributed by atoms with E-state index in [2.05, 4.69) is 11.0 Å². The first-order chi connectivity index (χ1) is 15.7. The Morgan fingerprint density at radius 2 is 1.67 bits per heavy atom. The van der Waals surface area contributed by atoms with E-state index in [4.69, 9.17) is 19.1 Å². The van der Waals surface area contributed by atoms with E-state index in [0.717, 1.165) is 31.8 Å². The summed E-state index contributed by atoms with van der Waals surface area (Å²) in [5.74, 6) is -0.738. The molecule has 3 aliphatic rings. The number of furan rings is 1. The van der Waals surface area contributed by atoms with Crippen LogP contribution in [0.4, 0.5) is 13.2 Å². The fraction of sp³-hybridized carbons (Fsp3) is 0.739. The molecule has 7 nitrogen and oxygen atoms in total. The number of halogens is 3. The van der Waals surface area contributed by atoms with Crippen LogP contribution in [0, 0.1) is 11.3 Å². The monoisotopic (exact) mass is 474 g/mol. The number of likely N-dealkylation sites (tertiary alicyclic amines) is 1. The molecule has 3 heterocycles. The predicted octanol–water partition coefficient (Wildman–Crippen LogP) is 3.93. The molecule has 1 aromatic rings. The number of carbonyl (C=O) groups excluding carboxylic acids is 1. The molecule has 1 aromatic heterocycles. The number of ether oxygens (including phenoxy) is 1. The maximum atomic E-state index is 12.5. The van der Waals surface area contributed by atoms with Gasteiger partial charge in [0.15, 0.2) is 0 Å². The van der Waals surface area contributed by atoms with Crippen molar-refractivity contribution in [1.29, 1.82) is 0 Å². The maximum Gasteiger partial charge on any atom is 0.490 e. The van der Waals surface area contributed by atoms with Crippen LogP contribution in [0.3, 0.4) is 0 Å². The van der Waals surface area contributed by atoms with Crippen molar-refractivity contribution in [3.05, 3.63) is 24.2 Å². The summed E-state index contributed by atoms with van der Waals surface area (Å²) in [5, 5.41) is 7.12. The molecule has 3 fully saturated rings. The molecule has 2 saturated heterocycles. The standard InChI is InChI=1S/C21H32N2O3.C2HF3O2/c24-20(23-11-14-25-15-12-23)16-18-3-5-21(6-4-18)7-9-22(10-8-21)17-19-2-1-13-26-19;3-2(4,5)1(6)7/h1-2,13,18H,3-12,14-17H2;(H,6,7). The topological polar surface area (TPSA) is 83.2 Å². The lowest BCUT2D eigenvalue weighted by Crippen LogP contribution is -2.43. The fourth-order valence-corrected chi connectivity index (χ4v) is 4.99. The molecule has 1 amide bonds. The number of hydrogen-bond donors (Lipinski definition) is 1. The number of piperidine rings is 1. The molecule has 186 valence electrons. The van der Waals surface area contributed by atoms with Gasteiger partial charge in [0.2, 0.25) is 5.91 Å². The van der Waals surface area contributed by atoms with Crippen LogP contribution in [-0.4, -0.2) is 72.4 Å². The lowest BCUT2D eigenvalue weighted by molar-refractivity contribution is -0.192. The van der Waals surface area contributed by atoms with Gasteiger partial charge in [-0.2, -0.15) is 13.2 Å². The second-order valence-electron chi connectivity index (χ2n) is 9.30. The molecule has 0 bridgehead atoms. The van der Waals surface area contributed by atoms with Crippen molar-refractivity contribution in [2.45, 2.75) is 57.7 Å². The molecule has 1 N–H and O–H groups in total. The van der Waals surface area contributed by atoms with Gasteiger partial charge in [-0.1, -0.05) is 0 Å². The van der Waals surface area contributed by atoms with Gasteiger partial charge in [0.25, 0.3) is 0 Å². The van der Waals surface area contributed by atoms with Crippen LogP contribution in [0.5, 0.6) is 0 Å². The molecule has 0 aromatic carbocycles. The summed E-state index contributed by atoms with van der Waals surface area (Å²) < 4.78 is 42.6. The maximum absolute atomic E-state index is 12.5. The Hall–Kier alpha value is -2.07. The Morgan fingerprint density at radius 1 is 1.06 bits per heavy atom. The lowest BCUT2D eigenvalue weighted by Gasteiger charge is -2.46. The highest BCUT2D eigenvalue weighted by molar-refractivity contribution is 5.76. The number of carbonyl (C=O) groups is 2. The van der Waals surface area contributed by atoms with E-state index in [-0.39, 0.29) is 0 Å². The molecule has 1 aliphatic carbocycles. The minimum absolute atomic E-state index is 0.350. The minimum atomic E-state index is -5.08. The van der Waals surface area contributed by atoms with E-state index in [1.54, 1.807) is 6.26 Å². The summed E-state index contributed by atoms with van der Waals surface area (Å²) in [4.78, 5) is 25.9. The summed E-state index contributed by atoms with van der Waals surface area (Å²) in [6.07, 6.45) is 5.12. The SMILES string of the molecule is O=C(CC1CCC2(CC1)CCN(Cc1ccco1)CC2)N1CCOCC1.O=C(O)C(F)(F)F. The molecule has 1 saturated carbocycles. The van der Waals surface area contributed by atoms with Crippen molar-refractivity contribution in [2.24, 2.45) is 11.3 Å². The quantitative estimate of drug-likeness (QED) is 0.712. The van der Waals surface area contributed by atoms with Crippen LogP contribution < -0.4 is 0 Å². The number of alkyl halides is 3. The minimum Gasteiger partial charge on any atom is -0.475 e. The lowest BCUT2D eigenvalue weighted by atomic mass is 9.65. The Morgan fingerprint density at radius 3 is 2.18 bits per heavy atom. The van der Waals surface area contributed by atoms with Gasteiger partial charge in [-0.15, -0.1) is 0 Å². The number of hydrogen-bond acceptors (Lipinski definition) is 5. The van der Waals surface area contributed by atoms with Crippen molar-refractivity contribution in [1.82, 2.24) is 9.80 Å². The van der Waals surface area contributed by atoms with Crippen molar-refractivity contribution in [3.8, 4) is 0 Å². The number of rotatable bonds is 4. The fourth-order valence-electron chi connectivity index (χ4n) is 4.99. The van der Waals surface area contributed by atoms with E-state index in [9.17, 15) is 18.0 Å². The Kier molecular flexibility index (Phi) is 8.81. The molecule has 0 unspecified atom stereocenters. The molecular weight excluding hydrogens is 441 g/mol. The van der Waals surface area contributed by atoms with Crippen LogP contribution >= 0.6 is 0 Å². The Labute approximate surface area is 191 Å². The highest BCUT2D eigenvalue weighted by Crippen LogP contribution is 2.47. The van der Waals surface area contributed by atoms with Gasteiger partial charge in [-0.3, -0.25) is 9.69 Å². The Balaban J connectivity index is 0.000000383. The highest BCUT2D eigenvalue weighted by Gasteiger charge is 2.39. The molecule has 4 rings (SSSR count). The van der Waals surface area contributed by atoms with Crippen molar-refractivity contribution < 1.29 is 37.0 Å². The van der Waals surface area contributed by atoms with E-state index >= 15 is 0 Å². The predicted molar refractivity (Wildman–Crippen MR) is 113 cm³/mol. The van der Waals surface area contributed by atoms with Crippen LogP contribution in [0.2, 0.25) is 0 Å². The number of morpholine rings is 1. The molecule has 33 heavy (non-hydrogen) atoms. The first kappa shape index (κ1) is 25.6. The molecule has 0 radical (unpaired) electrons. The van der Waals surface area contributed by atoms with Gasteiger partial charge in [0, 0.05) is 19.5 Å². The zero-order valence-electron chi connectivity index (χ0n) is 18.8. The first-order valence-corrected chi connectivity index (χ1v) is 11.6. The third-order valence-corrected chi connectivity index (χ3v) is 7.11. The summed E-state index contributed by atoms with van der Waals surface area (Å²) in [7, 11) is 0. The Bertz CT molecular complexity index is 745. The zero-order chi connectivity index (χ0) is 23.9. The highest BCUT2D eigenvalue weighted by atomic mass is 19.4. The summed E-state index contributed by atoms with van der Waals surface area (Å²) in [5.41, 5.74) is 0.540. The largest absolute Gasteiger partial charge is 0.490 e. The van der Waals surface area contributed by atoms with Gasteiger partial charge >= 0.3 is 12.1 Å². The molecule has 2 aliphatic heterocycles. The summed E-state index contributed by atoms with van der Waals surface area (Å²) in [6.45, 7) is 6.26. The van der Waals surface area contributed by atoms with E-state index in [0.29, 0.717) is 30.5 Å². The second-order valence-corrected chi connectivity index (χ2v) is 9.30. The van der Waals surface area contributed by atoms with Crippen LogP contribution in [0.1, 0.15) is 50.7 Å². The average Bonchev–Trinajstić information content (AvgIpc) is 3.31. The van der Waals surface area contributed by atoms with Crippen molar-refractivity contribution in [2.75, 3.05) is 39.4 Å². The van der Waals surface area contributed by atoms with Crippen molar-refractivity contribution in [3.63, 3.8) is 0 Å². The molecule has 10 heteroatoms. The van der Waals surface area contributed by atoms with Gasteiger partial charge in [0.05, 0.1) is 26.0 Å². The normalized spacial score (nSPS) is 22.0. The third kappa shape index (κ3) is 7.74. The van der Waals surface area contributed by atoms with Gasteiger partial charge in [-0.05, 0) is 75.1 Å². The average molecular weight is 475 g/mol. The third-order valence-electron chi connectivity index (χ3n) is 7.11. The zero-order valence-corrected chi connectivity index (χ0v) is 18.8. The van der Waals surface area contributed by atoms with Gasteiger partial charge in [-0.25, -0.2) is 4.79 Å². The summed E-state index contributed by atoms with van der Waals surface area (Å²) >= 11 is 0. The van der Waals surface area contributed by atoms with Gasteiger partial charge in [0.1, 0.15) is 5.76 Å². The van der Waals surface area contributed by atoms with E-state index < -0.39 is 12.1 Å². The van der Waals surface area contributed by atoms with Crippen LogP contribution in [0.25, 0.3) is 0 Å². The smallest absolute Gasteiger partial charge is 0.475 e. The molecule has 1 spiro atoms. The number of carboxylic acid groups (broad SMARTS) is 1. The first-order valence-electron chi connectivity index (χ1n) is 11.6. The number of carboxylic acids is 1. The number of aliphatic carboxylic acids is 1.